The number of rotatable bonds is 3. The first-order chi connectivity index (χ1) is 8.06. The largest absolute Gasteiger partial charge is 0.404 e. The van der Waals surface area contributed by atoms with Crippen LogP contribution in [-0.4, -0.2) is 24.7 Å². The Kier molecular flexibility index (Phi) is 2.57. The third-order valence-electron chi connectivity index (χ3n) is 1.85. The minimum atomic E-state index is -0.620. The third kappa shape index (κ3) is 2.27. The lowest BCUT2D eigenvalue weighted by Gasteiger charge is -2.01. The number of ether oxygens (including phenoxy) is 1. The summed E-state index contributed by atoms with van der Waals surface area (Å²) in [5.41, 5.74) is 5.13. The topological polar surface area (TPSA) is 122 Å². The lowest BCUT2D eigenvalue weighted by Crippen LogP contribution is -2.00. The van der Waals surface area contributed by atoms with Gasteiger partial charge in [-0.15, -0.1) is 5.10 Å². The summed E-state index contributed by atoms with van der Waals surface area (Å²) in [6.45, 7) is 0. The van der Waals surface area contributed by atoms with E-state index in [1.165, 1.54) is 23.1 Å². The lowest BCUT2D eigenvalue weighted by atomic mass is 10.4. The first kappa shape index (κ1) is 10.8. The van der Waals surface area contributed by atoms with E-state index in [-0.39, 0.29) is 23.4 Å². The third-order valence-corrected chi connectivity index (χ3v) is 1.85. The average molecular weight is 236 g/mol. The molecule has 2 aromatic rings. The summed E-state index contributed by atoms with van der Waals surface area (Å²) < 4.78 is 6.61. The number of aryl methyl sites for hydroxylation is 1. The molecule has 9 nitrogen and oxygen atoms in total. The fraction of sp³-hybridized carbons (Fsp3) is 0.125. The molecule has 0 aliphatic heterocycles. The van der Waals surface area contributed by atoms with E-state index in [0.29, 0.717) is 0 Å². The van der Waals surface area contributed by atoms with Gasteiger partial charge in [-0.05, 0) is 0 Å². The lowest BCUT2D eigenvalue weighted by molar-refractivity contribution is -0.384. The monoisotopic (exact) mass is 236 g/mol. The molecule has 0 atom stereocenters. The van der Waals surface area contributed by atoms with Crippen molar-refractivity contribution < 1.29 is 9.66 Å². The van der Waals surface area contributed by atoms with Crippen molar-refractivity contribution in [2.24, 2.45) is 7.05 Å². The number of nitrogens with two attached hydrogens (primary N) is 1. The maximum absolute atomic E-state index is 10.5. The van der Waals surface area contributed by atoms with Crippen LogP contribution in [0.1, 0.15) is 0 Å². The predicted octanol–water partition coefficient (Wildman–Crippen LogP) is 0.493. The molecule has 0 amide bonds. The second kappa shape index (κ2) is 4.04. The molecule has 2 heterocycles. The highest BCUT2D eigenvalue weighted by Crippen LogP contribution is 2.23. The van der Waals surface area contributed by atoms with Crippen molar-refractivity contribution in [1.82, 2.24) is 19.7 Å². The molecule has 0 saturated carbocycles. The Hall–Kier alpha value is -2.71. The normalized spacial score (nSPS) is 10.2. The minimum absolute atomic E-state index is 0.0910. The van der Waals surface area contributed by atoms with Gasteiger partial charge in [0.25, 0.3) is 0 Å². The zero-order valence-electron chi connectivity index (χ0n) is 8.77. The first-order valence-corrected chi connectivity index (χ1v) is 4.50. The summed E-state index contributed by atoms with van der Waals surface area (Å²) in [7, 11) is 1.68. The van der Waals surface area contributed by atoms with Crippen LogP contribution in [0.4, 0.5) is 11.5 Å². The van der Waals surface area contributed by atoms with Gasteiger partial charge in [-0.3, -0.25) is 14.8 Å². The molecule has 2 aromatic heterocycles. The smallest absolute Gasteiger partial charge is 0.342 e. The second-order valence-electron chi connectivity index (χ2n) is 3.11. The van der Waals surface area contributed by atoms with Gasteiger partial charge in [0.1, 0.15) is 6.33 Å². The number of hydrogen-bond donors (Lipinski definition) is 1. The number of aromatic nitrogens is 4. The maximum Gasteiger partial charge on any atom is 0.342 e. The summed E-state index contributed by atoms with van der Waals surface area (Å²) in [6.07, 6.45) is 1.45. The van der Waals surface area contributed by atoms with E-state index in [9.17, 15) is 10.1 Å². The van der Waals surface area contributed by atoms with E-state index >= 15 is 0 Å². The number of anilines is 1. The summed E-state index contributed by atoms with van der Waals surface area (Å²) in [6, 6.07) is 2.62. The molecule has 0 fully saturated rings. The van der Waals surface area contributed by atoms with Crippen LogP contribution < -0.4 is 10.5 Å². The molecule has 0 spiro atoms. The van der Waals surface area contributed by atoms with E-state index in [1.54, 1.807) is 7.05 Å². The fourth-order valence-electron chi connectivity index (χ4n) is 1.12. The fourth-order valence-corrected chi connectivity index (χ4v) is 1.12. The SMILES string of the molecule is Cn1cnc(Oc2ccc([N+](=O)[O-])c(N)n2)n1. The number of pyridine rings is 1. The van der Waals surface area contributed by atoms with E-state index in [2.05, 4.69) is 15.1 Å². The molecule has 17 heavy (non-hydrogen) atoms. The number of nitrogen functional groups attached to an aromatic ring is 1. The zero-order chi connectivity index (χ0) is 12.4. The molecule has 0 aliphatic carbocycles. The molecule has 0 unspecified atom stereocenters. The molecule has 0 aliphatic rings. The highest BCUT2D eigenvalue weighted by Gasteiger charge is 2.14. The van der Waals surface area contributed by atoms with Crippen LogP contribution in [0.5, 0.6) is 11.9 Å². The molecule has 88 valence electrons. The van der Waals surface area contributed by atoms with Crippen LogP contribution in [0, 0.1) is 10.1 Å². The summed E-state index contributed by atoms with van der Waals surface area (Å²) in [5.74, 6) is -0.122. The molecule has 9 heteroatoms. The van der Waals surface area contributed by atoms with Crippen LogP contribution in [0.2, 0.25) is 0 Å². The van der Waals surface area contributed by atoms with Crippen molar-refractivity contribution >= 4 is 11.5 Å². The van der Waals surface area contributed by atoms with Crippen LogP contribution in [-0.2, 0) is 7.05 Å². The molecule has 2 N–H and O–H groups in total. The van der Waals surface area contributed by atoms with Gasteiger partial charge in [-0.1, -0.05) is 0 Å². The Morgan fingerprint density at radius 3 is 2.82 bits per heavy atom. The van der Waals surface area contributed by atoms with Crippen LogP contribution in [0.3, 0.4) is 0 Å². The Morgan fingerprint density at radius 2 is 2.29 bits per heavy atom. The van der Waals surface area contributed by atoms with Gasteiger partial charge in [0.2, 0.25) is 11.7 Å². The van der Waals surface area contributed by atoms with Crippen molar-refractivity contribution in [1.29, 1.82) is 0 Å². The van der Waals surface area contributed by atoms with Crippen LogP contribution >= 0.6 is 0 Å². The van der Waals surface area contributed by atoms with Crippen molar-refractivity contribution in [3.8, 4) is 11.9 Å². The predicted molar refractivity (Wildman–Crippen MR) is 56.4 cm³/mol. The van der Waals surface area contributed by atoms with Gasteiger partial charge < -0.3 is 10.5 Å². The zero-order valence-corrected chi connectivity index (χ0v) is 8.77. The van der Waals surface area contributed by atoms with Crippen molar-refractivity contribution in [3.63, 3.8) is 0 Å². The standard InChI is InChI=1S/C8H8N6O3/c1-13-4-10-8(12-13)17-6-3-2-5(14(15)16)7(9)11-6/h2-4H,1H3,(H2,9,11). The Bertz CT molecular complexity index is 566. The van der Waals surface area contributed by atoms with E-state index in [4.69, 9.17) is 10.5 Å². The minimum Gasteiger partial charge on any atom is -0.404 e. The number of hydrogen-bond acceptors (Lipinski definition) is 7. The highest BCUT2D eigenvalue weighted by molar-refractivity contribution is 5.53. The first-order valence-electron chi connectivity index (χ1n) is 4.50. The molecular formula is C8H8N6O3. The van der Waals surface area contributed by atoms with Gasteiger partial charge in [0.15, 0.2) is 0 Å². The molecule has 0 saturated heterocycles. The van der Waals surface area contributed by atoms with Gasteiger partial charge in [-0.2, -0.15) is 9.97 Å². The Balaban J connectivity index is 2.23. The summed E-state index contributed by atoms with van der Waals surface area (Å²) >= 11 is 0. The quantitative estimate of drug-likeness (QED) is 0.607. The van der Waals surface area contributed by atoms with Crippen LogP contribution in [0.25, 0.3) is 0 Å². The molecular weight excluding hydrogens is 228 g/mol. The Morgan fingerprint density at radius 1 is 1.53 bits per heavy atom. The molecule has 0 aromatic carbocycles. The average Bonchev–Trinajstić information content (AvgIpc) is 2.63. The summed E-state index contributed by atoms with van der Waals surface area (Å²) in [4.78, 5) is 17.4. The second-order valence-corrected chi connectivity index (χ2v) is 3.11. The molecule has 0 bridgehead atoms. The van der Waals surface area contributed by atoms with Crippen LogP contribution in [0.15, 0.2) is 18.5 Å². The van der Waals surface area contributed by atoms with Crippen molar-refractivity contribution in [2.75, 3.05) is 5.73 Å². The van der Waals surface area contributed by atoms with E-state index < -0.39 is 4.92 Å². The van der Waals surface area contributed by atoms with Gasteiger partial charge in [-0.25, -0.2) is 0 Å². The van der Waals surface area contributed by atoms with Gasteiger partial charge >= 0.3 is 11.7 Å². The van der Waals surface area contributed by atoms with Crippen molar-refractivity contribution in [2.45, 2.75) is 0 Å². The van der Waals surface area contributed by atoms with E-state index in [1.807, 2.05) is 0 Å². The summed E-state index contributed by atoms with van der Waals surface area (Å²) in [5, 5.41) is 14.4. The number of nitro groups is 1. The van der Waals surface area contributed by atoms with Gasteiger partial charge in [0, 0.05) is 19.2 Å². The molecule has 0 radical (unpaired) electrons. The highest BCUT2D eigenvalue weighted by atomic mass is 16.6. The Labute approximate surface area is 95.0 Å². The number of nitrogens with zero attached hydrogens (tertiary/aromatic N) is 5. The van der Waals surface area contributed by atoms with E-state index in [0.717, 1.165) is 0 Å². The molecule has 2 rings (SSSR count). The van der Waals surface area contributed by atoms with Gasteiger partial charge in [0.05, 0.1) is 4.92 Å². The maximum atomic E-state index is 10.5. The van der Waals surface area contributed by atoms with Crippen molar-refractivity contribution in [3.05, 3.63) is 28.6 Å².